The maximum absolute atomic E-state index is 13.0. The summed E-state index contributed by atoms with van der Waals surface area (Å²) < 4.78 is 13.0. The van der Waals surface area contributed by atoms with Crippen LogP contribution in [0.3, 0.4) is 0 Å². The van der Waals surface area contributed by atoms with E-state index in [1.165, 1.54) is 24.3 Å². The first-order chi connectivity index (χ1) is 9.00. The summed E-state index contributed by atoms with van der Waals surface area (Å²) in [5.41, 5.74) is 5.22. The third-order valence-electron chi connectivity index (χ3n) is 3.95. The van der Waals surface area contributed by atoms with Crippen molar-refractivity contribution in [2.75, 3.05) is 6.54 Å². The van der Waals surface area contributed by atoms with Crippen LogP contribution in [0.1, 0.15) is 38.7 Å². The van der Waals surface area contributed by atoms with Gasteiger partial charge in [0, 0.05) is 6.54 Å². The first-order valence-electron chi connectivity index (χ1n) is 6.69. The van der Waals surface area contributed by atoms with Crippen LogP contribution in [-0.4, -0.2) is 17.6 Å². The average Bonchev–Trinajstić information content (AvgIpc) is 2.41. The maximum Gasteiger partial charge on any atom is 0.315 e. The summed E-state index contributed by atoms with van der Waals surface area (Å²) in [6.07, 6.45) is 2.30. The molecule has 0 aliphatic carbocycles. The summed E-state index contributed by atoms with van der Waals surface area (Å²) in [5.74, 6) is -1.01. The fraction of sp³-hybridized carbons (Fsp3) is 0.533. The van der Waals surface area contributed by atoms with Crippen molar-refractivity contribution in [2.45, 2.75) is 38.5 Å². The number of benzene rings is 1. The SMILES string of the molecule is CCC(CC)CC(CN)(C(=O)O)c1ccc(F)cc1. The van der Waals surface area contributed by atoms with E-state index in [2.05, 4.69) is 0 Å². The first-order valence-corrected chi connectivity index (χ1v) is 6.69. The molecule has 0 aliphatic heterocycles. The molecule has 0 amide bonds. The van der Waals surface area contributed by atoms with E-state index in [1.54, 1.807) is 0 Å². The molecule has 0 spiro atoms. The Kier molecular flexibility index (Phi) is 5.48. The predicted octanol–water partition coefficient (Wildman–Crippen LogP) is 2.93. The second-order valence-electron chi connectivity index (χ2n) is 4.98. The van der Waals surface area contributed by atoms with Gasteiger partial charge >= 0.3 is 5.97 Å². The number of nitrogens with two attached hydrogens (primary N) is 1. The minimum absolute atomic E-state index is 0.0183. The number of hydrogen-bond donors (Lipinski definition) is 2. The predicted molar refractivity (Wildman–Crippen MR) is 73.5 cm³/mol. The molecule has 0 bridgehead atoms. The van der Waals surface area contributed by atoms with E-state index in [1.807, 2.05) is 13.8 Å². The molecule has 1 aromatic rings. The lowest BCUT2D eigenvalue weighted by Crippen LogP contribution is -2.44. The molecule has 0 aliphatic rings. The van der Waals surface area contributed by atoms with E-state index < -0.39 is 11.4 Å². The van der Waals surface area contributed by atoms with Crippen molar-refractivity contribution in [3.8, 4) is 0 Å². The monoisotopic (exact) mass is 267 g/mol. The Morgan fingerprint density at radius 3 is 2.21 bits per heavy atom. The molecular formula is C15H22FNO2. The summed E-state index contributed by atoms with van der Waals surface area (Å²) in [4.78, 5) is 11.7. The van der Waals surface area contributed by atoms with E-state index in [-0.39, 0.29) is 12.4 Å². The van der Waals surface area contributed by atoms with Gasteiger partial charge in [0.2, 0.25) is 0 Å². The Bertz CT molecular complexity index is 415. The summed E-state index contributed by atoms with van der Waals surface area (Å²) in [6, 6.07) is 5.63. The Balaban J connectivity index is 3.18. The van der Waals surface area contributed by atoms with Gasteiger partial charge in [-0.1, -0.05) is 38.8 Å². The van der Waals surface area contributed by atoms with Crippen LogP contribution in [0.15, 0.2) is 24.3 Å². The second kappa shape index (κ2) is 6.66. The lowest BCUT2D eigenvalue weighted by Gasteiger charge is -2.32. The highest BCUT2D eigenvalue weighted by Crippen LogP contribution is 2.33. The van der Waals surface area contributed by atoms with E-state index in [4.69, 9.17) is 5.73 Å². The quantitative estimate of drug-likeness (QED) is 0.798. The molecule has 0 saturated heterocycles. The number of carboxylic acid groups (broad SMARTS) is 1. The molecule has 0 fully saturated rings. The second-order valence-corrected chi connectivity index (χ2v) is 4.98. The normalized spacial score (nSPS) is 14.4. The molecule has 3 N–H and O–H groups in total. The lowest BCUT2D eigenvalue weighted by atomic mass is 9.72. The molecule has 1 aromatic carbocycles. The standard InChI is InChI=1S/C15H22FNO2/c1-3-11(4-2)9-15(10-17,14(18)19)12-5-7-13(16)8-6-12/h5-8,11H,3-4,9-10,17H2,1-2H3,(H,18,19). The highest BCUT2D eigenvalue weighted by molar-refractivity contribution is 5.81. The molecule has 1 unspecified atom stereocenters. The molecule has 4 heteroatoms. The van der Waals surface area contributed by atoms with Gasteiger partial charge in [-0.3, -0.25) is 4.79 Å². The van der Waals surface area contributed by atoms with Crippen LogP contribution in [0.2, 0.25) is 0 Å². The summed E-state index contributed by atoms with van der Waals surface area (Å²) in [6.45, 7) is 4.11. The molecule has 0 radical (unpaired) electrons. The third-order valence-corrected chi connectivity index (χ3v) is 3.95. The van der Waals surface area contributed by atoms with Crippen molar-refractivity contribution in [2.24, 2.45) is 11.7 Å². The number of carbonyl (C=O) groups is 1. The van der Waals surface area contributed by atoms with E-state index in [9.17, 15) is 14.3 Å². The zero-order chi connectivity index (χ0) is 14.5. The minimum atomic E-state index is -1.12. The summed E-state index contributed by atoms with van der Waals surface area (Å²) >= 11 is 0. The zero-order valence-electron chi connectivity index (χ0n) is 11.5. The van der Waals surface area contributed by atoms with Crippen LogP contribution < -0.4 is 5.73 Å². The van der Waals surface area contributed by atoms with Crippen LogP contribution in [0, 0.1) is 11.7 Å². The van der Waals surface area contributed by atoms with Crippen LogP contribution in [0.4, 0.5) is 4.39 Å². The van der Waals surface area contributed by atoms with Crippen molar-refractivity contribution in [3.63, 3.8) is 0 Å². The fourth-order valence-electron chi connectivity index (χ4n) is 2.46. The minimum Gasteiger partial charge on any atom is -0.481 e. The summed E-state index contributed by atoms with van der Waals surface area (Å²) in [5, 5.41) is 9.61. The van der Waals surface area contributed by atoms with Crippen molar-refractivity contribution in [1.29, 1.82) is 0 Å². The number of aliphatic carboxylic acids is 1. The average molecular weight is 267 g/mol. The van der Waals surface area contributed by atoms with Gasteiger partial charge in [-0.2, -0.15) is 0 Å². The molecule has 1 atom stereocenters. The van der Waals surface area contributed by atoms with Gasteiger partial charge in [-0.05, 0) is 30.0 Å². The van der Waals surface area contributed by atoms with Crippen LogP contribution in [0.25, 0.3) is 0 Å². The van der Waals surface area contributed by atoms with Crippen LogP contribution >= 0.6 is 0 Å². The molecule has 0 heterocycles. The first kappa shape index (κ1) is 15.6. The zero-order valence-corrected chi connectivity index (χ0v) is 11.5. The Hall–Kier alpha value is -1.42. The van der Waals surface area contributed by atoms with Crippen LogP contribution in [-0.2, 0) is 10.2 Å². The van der Waals surface area contributed by atoms with Gasteiger partial charge in [-0.15, -0.1) is 0 Å². The van der Waals surface area contributed by atoms with Crippen molar-refractivity contribution in [3.05, 3.63) is 35.6 Å². The van der Waals surface area contributed by atoms with Gasteiger partial charge in [0.15, 0.2) is 0 Å². The summed E-state index contributed by atoms with van der Waals surface area (Å²) in [7, 11) is 0. The van der Waals surface area contributed by atoms with Gasteiger partial charge in [-0.25, -0.2) is 4.39 Å². The molecule has 0 saturated carbocycles. The third kappa shape index (κ3) is 3.32. The topological polar surface area (TPSA) is 63.3 Å². The van der Waals surface area contributed by atoms with Gasteiger partial charge in [0.25, 0.3) is 0 Å². The number of hydrogen-bond acceptors (Lipinski definition) is 2. The van der Waals surface area contributed by atoms with Gasteiger partial charge in [0.1, 0.15) is 11.2 Å². The largest absolute Gasteiger partial charge is 0.481 e. The van der Waals surface area contributed by atoms with E-state index in [0.717, 1.165) is 12.8 Å². The van der Waals surface area contributed by atoms with Gasteiger partial charge < -0.3 is 10.8 Å². The fourth-order valence-corrected chi connectivity index (χ4v) is 2.46. The van der Waals surface area contributed by atoms with Crippen molar-refractivity contribution >= 4 is 5.97 Å². The Labute approximate surface area is 113 Å². The highest BCUT2D eigenvalue weighted by atomic mass is 19.1. The lowest BCUT2D eigenvalue weighted by molar-refractivity contribution is -0.144. The maximum atomic E-state index is 13.0. The van der Waals surface area contributed by atoms with Crippen LogP contribution in [0.5, 0.6) is 0 Å². The molecule has 0 aromatic heterocycles. The number of rotatable bonds is 7. The molecule has 19 heavy (non-hydrogen) atoms. The Morgan fingerprint density at radius 2 is 1.84 bits per heavy atom. The smallest absolute Gasteiger partial charge is 0.315 e. The van der Waals surface area contributed by atoms with Crippen molar-refractivity contribution in [1.82, 2.24) is 0 Å². The van der Waals surface area contributed by atoms with Crippen molar-refractivity contribution < 1.29 is 14.3 Å². The highest BCUT2D eigenvalue weighted by Gasteiger charge is 2.40. The Morgan fingerprint density at radius 1 is 1.32 bits per heavy atom. The molecular weight excluding hydrogens is 245 g/mol. The molecule has 1 rings (SSSR count). The molecule has 106 valence electrons. The van der Waals surface area contributed by atoms with E-state index >= 15 is 0 Å². The number of halogens is 1. The molecule has 3 nitrogen and oxygen atoms in total. The van der Waals surface area contributed by atoms with Gasteiger partial charge in [0.05, 0.1) is 0 Å². The van der Waals surface area contributed by atoms with E-state index in [0.29, 0.717) is 17.9 Å². The number of carboxylic acids is 1.